The maximum Gasteiger partial charge on any atom is 0.278 e. The van der Waals surface area contributed by atoms with E-state index in [4.69, 9.17) is 26.9 Å². The third-order valence-electron chi connectivity index (χ3n) is 11.4. The first-order valence-electron chi connectivity index (χ1n) is 20.5. The fourth-order valence-electron chi connectivity index (χ4n) is 8.31. The van der Waals surface area contributed by atoms with Gasteiger partial charge in [-0.25, -0.2) is 15.0 Å². The molecule has 7 heterocycles. The predicted octanol–water partition coefficient (Wildman–Crippen LogP) is 1.90. The zero-order chi connectivity index (χ0) is 43.8. The number of imidazole rings is 2. The van der Waals surface area contributed by atoms with Gasteiger partial charge in [-0.15, -0.1) is 0 Å². The SMILES string of the molecule is CCn1nc(C)cc1C(=O)Nc1nc2cc(C(N)=O)cnc2n1C/C=C/Cn1c(NC(=O)c2c(N)c(C)nn2CC)nc2cc(C(N)=O)cc(OCCN3CC4CNCC4C3)c21. The third-order valence-corrected chi connectivity index (χ3v) is 11.4. The van der Waals surface area contributed by atoms with Crippen LogP contribution in [-0.4, -0.2) is 112 Å². The van der Waals surface area contributed by atoms with Gasteiger partial charge in [-0.2, -0.15) is 10.2 Å². The molecule has 2 atom stereocenters. The first-order chi connectivity index (χ1) is 29.8. The van der Waals surface area contributed by atoms with E-state index in [0.29, 0.717) is 83.1 Å². The Morgan fingerprint density at radius 3 is 2.18 bits per heavy atom. The molecule has 0 bridgehead atoms. The minimum absolute atomic E-state index is 0.158. The number of hydrogen-bond donors (Lipinski definition) is 6. The van der Waals surface area contributed by atoms with Crippen molar-refractivity contribution in [3.63, 3.8) is 0 Å². The number of carbonyl (C=O) groups is 4. The lowest BCUT2D eigenvalue weighted by Gasteiger charge is -2.18. The van der Waals surface area contributed by atoms with Crippen LogP contribution >= 0.6 is 0 Å². The van der Waals surface area contributed by atoms with Gasteiger partial charge in [0.05, 0.1) is 28.2 Å². The molecule has 8 rings (SSSR count). The second-order valence-electron chi connectivity index (χ2n) is 15.5. The van der Waals surface area contributed by atoms with E-state index in [2.05, 4.69) is 41.0 Å². The van der Waals surface area contributed by atoms with Gasteiger partial charge in [-0.3, -0.25) is 48.6 Å². The van der Waals surface area contributed by atoms with Crippen LogP contribution in [0.25, 0.3) is 22.2 Å². The van der Waals surface area contributed by atoms with Gasteiger partial charge in [0.2, 0.25) is 23.7 Å². The van der Waals surface area contributed by atoms with Gasteiger partial charge in [-0.05, 0) is 76.9 Å². The molecule has 62 heavy (non-hydrogen) atoms. The van der Waals surface area contributed by atoms with Gasteiger partial charge < -0.3 is 31.8 Å². The number of amides is 4. The molecule has 0 aliphatic carbocycles. The number of nitrogens with two attached hydrogens (primary N) is 3. The van der Waals surface area contributed by atoms with Crippen LogP contribution < -0.4 is 37.9 Å². The van der Waals surface area contributed by atoms with Crippen LogP contribution in [0.1, 0.15) is 66.9 Å². The van der Waals surface area contributed by atoms with E-state index in [-0.39, 0.29) is 47.5 Å². The molecular weight excluding hydrogens is 797 g/mol. The lowest BCUT2D eigenvalue weighted by atomic mass is 10.0. The van der Waals surface area contributed by atoms with Gasteiger partial charge in [0.15, 0.2) is 5.65 Å². The third kappa shape index (κ3) is 8.06. The molecule has 9 N–H and O–H groups in total. The highest BCUT2D eigenvalue weighted by molar-refractivity contribution is 6.07. The number of likely N-dealkylation sites (tertiary alicyclic amines) is 1. The van der Waals surface area contributed by atoms with Crippen molar-refractivity contribution < 1.29 is 23.9 Å². The molecule has 324 valence electrons. The van der Waals surface area contributed by atoms with Crippen LogP contribution in [0.5, 0.6) is 5.75 Å². The number of nitrogens with zero attached hydrogens (tertiary/aromatic N) is 10. The lowest BCUT2D eigenvalue weighted by Crippen LogP contribution is -2.29. The first kappa shape index (κ1) is 41.6. The fraction of sp³-hybridized carbons (Fsp3) is 0.390. The quantitative estimate of drug-likeness (QED) is 0.0761. The summed E-state index contributed by atoms with van der Waals surface area (Å²) in [6.07, 6.45) is 5.04. The Hall–Kier alpha value is -7.13. The summed E-state index contributed by atoms with van der Waals surface area (Å²) >= 11 is 0. The Bertz CT molecular complexity index is 2750. The van der Waals surface area contributed by atoms with Crippen LogP contribution in [0.3, 0.4) is 0 Å². The van der Waals surface area contributed by atoms with Crippen molar-refractivity contribution in [3.8, 4) is 5.75 Å². The molecule has 0 spiro atoms. The summed E-state index contributed by atoms with van der Waals surface area (Å²) in [4.78, 5) is 68.4. The number of benzene rings is 1. The summed E-state index contributed by atoms with van der Waals surface area (Å²) < 4.78 is 13.0. The van der Waals surface area contributed by atoms with Crippen molar-refractivity contribution in [2.75, 3.05) is 55.7 Å². The number of allylic oxidation sites excluding steroid dienone is 2. The predicted molar refractivity (Wildman–Crippen MR) is 231 cm³/mol. The number of carbonyl (C=O) groups excluding carboxylic acids is 4. The zero-order valence-corrected chi connectivity index (χ0v) is 35.0. The molecule has 21 nitrogen and oxygen atoms in total. The van der Waals surface area contributed by atoms with Crippen molar-refractivity contribution in [1.29, 1.82) is 0 Å². The van der Waals surface area contributed by atoms with E-state index in [9.17, 15) is 19.2 Å². The van der Waals surface area contributed by atoms with E-state index in [1.165, 1.54) is 16.9 Å². The number of aryl methyl sites for hydroxylation is 4. The van der Waals surface area contributed by atoms with E-state index in [1.807, 2.05) is 26.0 Å². The number of pyridine rings is 1. The summed E-state index contributed by atoms with van der Waals surface area (Å²) in [5.41, 5.74) is 21.6. The number of nitrogens with one attached hydrogen (secondary N) is 3. The van der Waals surface area contributed by atoms with Crippen LogP contribution in [0, 0.1) is 25.7 Å². The Kier molecular flexibility index (Phi) is 11.5. The minimum Gasteiger partial charge on any atom is -0.490 e. The topological polar surface area (TPSA) is 279 Å². The molecule has 4 amide bonds. The molecule has 1 aromatic carbocycles. The van der Waals surface area contributed by atoms with Crippen LogP contribution in [0.4, 0.5) is 17.6 Å². The average molecular weight is 847 g/mol. The standard InChI is InChI=1S/C41H50N16O5/c1-5-56-30(13-22(3)51-56)38(60)49-41-48-29-15-25(36(44)59)19-46-37(29)55(41)10-8-7-9-54-33-28(47-40(54)50-39(61)34-32(42)23(4)52-57(34)6-2)14-24(35(43)58)16-31(33)62-12-11-53-20-26-17-45-18-27(26)21-53/h7-8,13-16,19,26-27,45H,5-6,9-12,17-18,20-21,42H2,1-4H3,(H2,43,58)(H2,44,59)(H,47,50,61)(H,48,49,60)/b8-7+. The molecule has 21 heteroatoms. The molecule has 2 aliphatic heterocycles. The van der Waals surface area contributed by atoms with Crippen molar-refractivity contribution >= 4 is 63.4 Å². The molecule has 6 aromatic rings. The summed E-state index contributed by atoms with van der Waals surface area (Å²) in [5, 5.41) is 18.1. The fourth-order valence-corrected chi connectivity index (χ4v) is 8.31. The van der Waals surface area contributed by atoms with Gasteiger partial charge in [-0.1, -0.05) is 12.2 Å². The largest absolute Gasteiger partial charge is 0.490 e. The molecule has 2 saturated heterocycles. The number of aromatic nitrogens is 9. The molecule has 2 unspecified atom stereocenters. The van der Waals surface area contributed by atoms with Gasteiger partial charge in [0.25, 0.3) is 11.8 Å². The molecule has 2 fully saturated rings. The lowest BCUT2D eigenvalue weighted by molar-refractivity contribution is 0.0991. The summed E-state index contributed by atoms with van der Waals surface area (Å²) in [7, 11) is 0. The van der Waals surface area contributed by atoms with Gasteiger partial charge in [0, 0.05) is 57.6 Å². The maximum absolute atomic E-state index is 13.9. The van der Waals surface area contributed by atoms with E-state index >= 15 is 0 Å². The summed E-state index contributed by atoms with van der Waals surface area (Å²) in [5.74, 6) is -0.340. The normalized spacial score (nSPS) is 16.5. The number of rotatable bonds is 16. The van der Waals surface area contributed by atoms with Crippen molar-refractivity contribution in [3.05, 3.63) is 76.5 Å². The van der Waals surface area contributed by atoms with E-state index in [1.54, 1.807) is 45.9 Å². The second-order valence-corrected chi connectivity index (χ2v) is 15.5. The summed E-state index contributed by atoms with van der Waals surface area (Å²) in [6.45, 7) is 13.5. The number of primary amides is 2. The number of fused-ring (bicyclic) bond motifs is 3. The molecule has 0 radical (unpaired) electrons. The Morgan fingerprint density at radius 2 is 1.48 bits per heavy atom. The van der Waals surface area contributed by atoms with Gasteiger partial charge >= 0.3 is 0 Å². The van der Waals surface area contributed by atoms with Crippen molar-refractivity contribution in [2.24, 2.45) is 23.3 Å². The summed E-state index contributed by atoms with van der Waals surface area (Å²) in [6, 6.07) is 6.36. The first-order valence-corrected chi connectivity index (χ1v) is 20.5. The van der Waals surface area contributed by atoms with Crippen molar-refractivity contribution in [1.82, 2.24) is 53.9 Å². The highest BCUT2D eigenvalue weighted by atomic mass is 16.5. The van der Waals surface area contributed by atoms with Crippen LogP contribution in [0.2, 0.25) is 0 Å². The molecular formula is C41H50N16O5. The number of nitrogen functional groups attached to an aromatic ring is 1. The smallest absolute Gasteiger partial charge is 0.278 e. The van der Waals surface area contributed by atoms with Crippen molar-refractivity contribution in [2.45, 2.75) is 53.9 Å². The second kappa shape index (κ2) is 17.1. The number of anilines is 3. The highest BCUT2D eigenvalue weighted by Gasteiger charge is 2.36. The minimum atomic E-state index is -0.670. The molecule has 0 saturated carbocycles. The maximum atomic E-state index is 13.9. The van der Waals surface area contributed by atoms with Crippen LogP contribution in [-0.2, 0) is 26.2 Å². The monoisotopic (exact) mass is 846 g/mol. The number of hydrogen-bond acceptors (Lipinski definition) is 13. The highest BCUT2D eigenvalue weighted by Crippen LogP contribution is 2.32. The Balaban J connectivity index is 1.13. The van der Waals surface area contributed by atoms with E-state index in [0.717, 1.165) is 26.2 Å². The van der Waals surface area contributed by atoms with E-state index < -0.39 is 23.6 Å². The Morgan fingerprint density at radius 1 is 0.839 bits per heavy atom. The molecule has 5 aromatic heterocycles. The molecule has 2 aliphatic rings. The average Bonchev–Trinajstić information content (AvgIpc) is 4.09. The zero-order valence-electron chi connectivity index (χ0n) is 35.0. The van der Waals surface area contributed by atoms with Gasteiger partial charge in [0.1, 0.15) is 34.8 Å². The van der Waals surface area contributed by atoms with Crippen LogP contribution in [0.15, 0.2) is 42.6 Å². The Labute approximate surface area is 355 Å². The number of ether oxygens (including phenoxy) is 1.